The number of nitro groups is 1. The largest absolute Gasteiger partial charge is 0.355 e. The Morgan fingerprint density at radius 2 is 1.81 bits per heavy atom. The fourth-order valence-electron chi connectivity index (χ4n) is 1.41. The fraction of sp³-hybridized carbons (Fsp3) is 0.417. The van der Waals surface area contributed by atoms with Crippen molar-refractivity contribution >= 4 is 21.6 Å². The maximum absolute atomic E-state index is 11.9. The van der Waals surface area contributed by atoms with Crippen LogP contribution in [-0.4, -0.2) is 32.3 Å². The Hall–Kier alpha value is -2.00. The Morgan fingerprint density at radius 3 is 2.29 bits per heavy atom. The fourth-order valence-corrected chi connectivity index (χ4v) is 2.44. The van der Waals surface area contributed by atoms with Crippen LogP contribution < -0.4 is 10.0 Å². The van der Waals surface area contributed by atoms with Crippen LogP contribution in [0.5, 0.6) is 0 Å². The first-order chi connectivity index (χ1) is 9.74. The maximum Gasteiger partial charge on any atom is 0.269 e. The van der Waals surface area contributed by atoms with Crippen LogP contribution in [0.4, 0.5) is 5.69 Å². The third-order valence-electron chi connectivity index (χ3n) is 2.60. The zero-order valence-corrected chi connectivity index (χ0v) is 12.5. The van der Waals surface area contributed by atoms with Crippen LogP contribution in [-0.2, 0) is 14.8 Å². The van der Waals surface area contributed by atoms with Gasteiger partial charge in [0.25, 0.3) is 5.69 Å². The highest BCUT2D eigenvalue weighted by Gasteiger charge is 2.15. The second kappa shape index (κ2) is 7.14. The summed E-state index contributed by atoms with van der Waals surface area (Å²) in [5, 5.41) is 13.1. The van der Waals surface area contributed by atoms with Crippen molar-refractivity contribution in [1.82, 2.24) is 10.0 Å². The van der Waals surface area contributed by atoms with E-state index in [1.807, 2.05) is 0 Å². The lowest BCUT2D eigenvalue weighted by molar-refractivity contribution is -0.384. The third kappa shape index (κ3) is 5.12. The number of non-ortho nitro benzene ring substituents is 1. The number of nitro benzene ring substituents is 1. The lowest BCUT2D eigenvalue weighted by Crippen LogP contribution is -2.36. The number of hydrogen-bond donors (Lipinski definition) is 2. The number of nitrogens with zero attached hydrogens (tertiary/aromatic N) is 1. The molecule has 116 valence electrons. The van der Waals surface area contributed by atoms with E-state index >= 15 is 0 Å². The summed E-state index contributed by atoms with van der Waals surface area (Å²) in [5.41, 5.74) is -0.182. The summed E-state index contributed by atoms with van der Waals surface area (Å²) >= 11 is 0. The number of amides is 1. The first-order valence-electron chi connectivity index (χ1n) is 6.26. The van der Waals surface area contributed by atoms with E-state index in [1.165, 1.54) is 0 Å². The van der Waals surface area contributed by atoms with Gasteiger partial charge in [-0.15, -0.1) is 0 Å². The number of hydrogen-bond acceptors (Lipinski definition) is 5. The molecule has 0 aliphatic carbocycles. The minimum atomic E-state index is -3.74. The van der Waals surface area contributed by atoms with Crippen molar-refractivity contribution in [3.05, 3.63) is 34.4 Å². The SMILES string of the molecule is CC(C)C(=O)NCCNS(=O)(=O)c1ccc([N+](=O)[O-])cc1. The van der Waals surface area contributed by atoms with Crippen LogP contribution in [0.15, 0.2) is 29.2 Å². The van der Waals surface area contributed by atoms with Gasteiger partial charge < -0.3 is 5.32 Å². The van der Waals surface area contributed by atoms with Crippen LogP contribution in [0, 0.1) is 16.0 Å². The first-order valence-corrected chi connectivity index (χ1v) is 7.74. The minimum absolute atomic E-state index is 0.0395. The van der Waals surface area contributed by atoms with E-state index in [9.17, 15) is 23.3 Å². The molecule has 1 amide bonds. The lowest BCUT2D eigenvalue weighted by atomic mass is 10.2. The number of sulfonamides is 1. The molecular formula is C12H17N3O5S. The molecule has 1 aromatic rings. The summed E-state index contributed by atoms with van der Waals surface area (Å²) in [6.45, 7) is 3.67. The van der Waals surface area contributed by atoms with Gasteiger partial charge in [0, 0.05) is 31.1 Å². The molecule has 0 aliphatic rings. The normalized spacial score (nSPS) is 11.4. The van der Waals surface area contributed by atoms with E-state index in [4.69, 9.17) is 0 Å². The predicted molar refractivity (Wildman–Crippen MR) is 76.1 cm³/mol. The number of carbonyl (C=O) groups is 1. The molecule has 9 heteroatoms. The standard InChI is InChI=1S/C12H17N3O5S/c1-9(2)12(16)13-7-8-14-21(19,20)11-5-3-10(4-6-11)15(17)18/h3-6,9,14H,7-8H2,1-2H3,(H,13,16). The van der Waals surface area contributed by atoms with Crippen molar-refractivity contribution in [2.75, 3.05) is 13.1 Å². The maximum atomic E-state index is 11.9. The Labute approximate surface area is 122 Å². The van der Waals surface area contributed by atoms with Crippen LogP contribution in [0.25, 0.3) is 0 Å². The summed E-state index contributed by atoms with van der Waals surface area (Å²) in [4.78, 5) is 21.1. The van der Waals surface area contributed by atoms with Crippen LogP contribution in [0.1, 0.15) is 13.8 Å². The number of benzene rings is 1. The molecule has 0 unspecified atom stereocenters. The van der Waals surface area contributed by atoms with Gasteiger partial charge in [-0.1, -0.05) is 13.8 Å². The van der Waals surface area contributed by atoms with Crippen molar-refractivity contribution in [3.63, 3.8) is 0 Å². The monoisotopic (exact) mass is 315 g/mol. The van der Waals surface area contributed by atoms with E-state index in [-0.39, 0.29) is 35.5 Å². The van der Waals surface area contributed by atoms with Crippen LogP contribution in [0.2, 0.25) is 0 Å². The number of nitrogens with one attached hydrogen (secondary N) is 2. The smallest absolute Gasteiger partial charge is 0.269 e. The average molecular weight is 315 g/mol. The van der Waals surface area contributed by atoms with Gasteiger partial charge in [0.1, 0.15) is 0 Å². The van der Waals surface area contributed by atoms with E-state index in [0.29, 0.717) is 0 Å². The van der Waals surface area contributed by atoms with Gasteiger partial charge in [0.05, 0.1) is 9.82 Å². The van der Waals surface area contributed by atoms with Crippen LogP contribution >= 0.6 is 0 Å². The molecule has 0 radical (unpaired) electrons. The highest BCUT2D eigenvalue weighted by molar-refractivity contribution is 7.89. The van der Waals surface area contributed by atoms with Crippen molar-refractivity contribution in [2.24, 2.45) is 5.92 Å². The molecule has 1 aromatic carbocycles. The molecule has 0 aliphatic heterocycles. The molecule has 0 fully saturated rings. The first kappa shape index (κ1) is 17.1. The van der Waals surface area contributed by atoms with Gasteiger partial charge in [-0.05, 0) is 12.1 Å². The Kier molecular flexibility index (Phi) is 5.79. The second-order valence-corrected chi connectivity index (χ2v) is 6.36. The zero-order chi connectivity index (χ0) is 16.0. The zero-order valence-electron chi connectivity index (χ0n) is 11.7. The van der Waals surface area contributed by atoms with E-state index in [2.05, 4.69) is 10.0 Å². The van der Waals surface area contributed by atoms with Crippen molar-refractivity contribution in [2.45, 2.75) is 18.7 Å². The van der Waals surface area contributed by atoms with Crippen molar-refractivity contribution < 1.29 is 18.1 Å². The molecule has 0 atom stereocenters. The highest BCUT2D eigenvalue weighted by atomic mass is 32.2. The van der Waals surface area contributed by atoms with E-state index in [1.54, 1.807) is 13.8 Å². The molecule has 0 spiro atoms. The van der Waals surface area contributed by atoms with Gasteiger partial charge in [-0.25, -0.2) is 13.1 Å². The molecular weight excluding hydrogens is 298 g/mol. The molecule has 0 saturated heterocycles. The summed E-state index contributed by atoms with van der Waals surface area (Å²) in [7, 11) is -3.74. The Bertz CT molecular complexity index is 610. The van der Waals surface area contributed by atoms with E-state index < -0.39 is 14.9 Å². The molecule has 21 heavy (non-hydrogen) atoms. The predicted octanol–water partition coefficient (Wildman–Crippen LogP) is 0.645. The van der Waals surface area contributed by atoms with Crippen LogP contribution in [0.3, 0.4) is 0 Å². The molecule has 8 nitrogen and oxygen atoms in total. The summed E-state index contributed by atoms with van der Waals surface area (Å²) in [6, 6.07) is 4.56. The Balaban J connectivity index is 2.57. The molecule has 0 heterocycles. The average Bonchev–Trinajstić information content (AvgIpc) is 2.43. The lowest BCUT2D eigenvalue weighted by Gasteiger charge is -2.09. The third-order valence-corrected chi connectivity index (χ3v) is 4.08. The quantitative estimate of drug-likeness (QED) is 0.435. The molecule has 1 rings (SSSR count). The second-order valence-electron chi connectivity index (χ2n) is 4.59. The summed E-state index contributed by atoms with van der Waals surface area (Å²) < 4.78 is 26.1. The number of rotatable bonds is 7. The topological polar surface area (TPSA) is 118 Å². The minimum Gasteiger partial charge on any atom is -0.355 e. The Morgan fingerprint density at radius 1 is 1.24 bits per heavy atom. The molecule has 0 aromatic heterocycles. The van der Waals surface area contributed by atoms with E-state index in [0.717, 1.165) is 24.3 Å². The van der Waals surface area contributed by atoms with Gasteiger partial charge in [-0.2, -0.15) is 0 Å². The highest BCUT2D eigenvalue weighted by Crippen LogP contribution is 2.15. The van der Waals surface area contributed by atoms with Crippen molar-refractivity contribution in [1.29, 1.82) is 0 Å². The molecule has 0 saturated carbocycles. The van der Waals surface area contributed by atoms with Crippen molar-refractivity contribution in [3.8, 4) is 0 Å². The molecule has 0 bridgehead atoms. The molecule has 2 N–H and O–H groups in total. The number of carbonyl (C=O) groups excluding carboxylic acids is 1. The summed E-state index contributed by atoms with van der Waals surface area (Å²) in [6.07, 6.45) is 0. The van der Waals surface area contributed by atoms with Gasteiger partial charge in [0.2, 0.25) is 15.9 Å². The summed E-state index contributed by atoms with van der Waals surface area (Å²) in [5.74, 6) is -0.333. The van der Waals surface area contributed by atoms with Gasteiger partial charge in [0.15, 0.2) is 0 Å². The van der Waals surface area contributed by atoms with Gasteiger partial charge >= 0.3 is 0 Å². The van der Waals surface area contributed by atoms with Gasteiger partial charge in [-0.3, -0.25) is 14.9 Å².